The van der Waals surface area contributed by atoms with Gasteiger partial charge in [0.1, 0.15) is 22.8 Å². The number of nitrogens with two attached hydrogens (primary N) is 1. The number of carbonyl (C=O) groups is 3. The average Bonchev–Trinajstić information content (AvgIpc) is 2.76. The van der Waals surface area contributed by atoms with Gasteiger partial charge < -0.3 is 26.0 Å². The zero-order valence-electron chi connectivity index (χ0n) is 19.9. The van der Waals surface area contributed by atoms with Gasteiger partial charge in [0, 0.05) is 23.6 Å². The van der Waals surface area contributed by atoms with E-state index in [4.69, 9.17) is 5.73 Å². The van der Waals surface area contributed by atoms with Crippen molar-refractivity contribution in [2.45, 2.75) is 31.0 Å². The Labute approximate surface area is 201 Å². The van der Waals surface area contributed by atoms with E-state index in [0.29, 0.717) is 12.1 Å². The maximum Gasteiger partial charge on any atom is 0.255 e. The monoisotopic (exact) mass is 484 g/mol. The summed E-state index contributed by atoms with van der Waals surface area (Å²) in [6, 6.07) is 2.09. The van der Waals surface area contributed by atoms with Crippen molar-refractivity contribution in [2.24, 2.45) is 22.7 Å². The number of hydrogen-bond donors (Lipinski definition) is 4. The predicted molar refractivity (Wildman–Crippen MR) is 125 cm³/mol. The van der Waals surface area contributed by atoms with Gasteiger partial charge in [-0.1, -0.05) is 6.07 Å². The fourth-order valence-electron chi connectivity index (χ4n) is 5.87. The lowest BCUT2D eigenvalue weighted by Crippen LogP contribution is -2.65. The fraction of sp³-hybridized carbons (Fsp3) is 0.458. The third kappa shape index (κ3) is 3.41. The molecule has 3 aliphatic rings. The molecule has 0 saturated heterocycles. The fourth-order valence-corrected chi connectivity index (χ4v) is 5.87. The largest absolute Gasteiger partial charge is 0.508 e. The molecule has 1 amide bonds. The number of likely N-dealkylation sites (N-methyl/N-ethyl adjacent to an activating group) is 1. The van der Waals surface area contributed by atoms with E-state index in [1.807, 2.05) is 19.0 Å². The molecule has 0 spiro atoms. The number of primary amides is 1. The second-order valence-corrected chi connectivity index (χ2v) is 9.89. The topological polar surface area (TPSA) is 174 Å². The van der Waals surface area contributed by atoms with Crippen molar-refractivity contribution >= 4 is 28.9 Å². The van der Waals surface area contributed by atoms with Crippen LogP contribution in [0, 0.1) is 16.7 Å². The number of amides is 1. The molecule has 5 N–H and O–H groups in total. The van der Waals surface area contributed by atoms with Gasteiger partial charge in [0.15, 0.2) is 11.4 Å². The quantitative estimate of drug-likeness (QED) is 0.347. The molecule has 0 unspecified atom stereocenters. The molecule has 35 heavy (non-hydrogen) atoms. The normalized spacial score (nSPS) is 28.3. The summed E-state index contributed by atoms with van der Waals surface area (Å²) in [6.45, 7) is 0.502. The predicted octanol–water partition coefficient (Wildman–Crippen LogP) is 0.718. The van der Waals surface area contributed by atoms with E-state index in [1.165, 1.54) is 11.0 Å². The first-order valence-corrected chi connectivity index (χ1v) is 11.1. The Morgan fingerprint density at radius 3 is 2.40 bits per heavy atom. The number of carbonyl (C=O) groups excluding carboxylic acids is 3. The summed E-state index contributed by atoms with van der Waals surface area (Å²) in [5.41, 5.74) is 3.19. The molecule has 0 aliphatic heterocycles. The Hall–Kier alpha value is -3.41. The van der Waals surface area contributed by atoms with Crippen LogP contribution in [-0.2, 0) is 27.3 Å². The van der Waals surface area contributed by atoms with E-state index in [0.717, 1.165) is 5.56 Å². The smallest absolute Gasteiger partial charge is 0.255 e. The van der Waals surface area contributed by atoms with Gasteiger partial charge in [-0.2, -0.15) is 0 Å². The Bertz CT molecular complexity index is 1230. The molecular weight excluding hydrogens is 456 g/mol. The molecule has 0 aromatic heterocycles. The second-order valence-electron chi connectivity index (χ2n) is 9.89. The van der Waals surface area contributed by atoms with Gasteiger partial charge >= 0.3 is 0 Å². The molecule has 4 rings (SSSR count). The van der Waals surface area contributed by atoms with Gasteiger partial charge in [0.2, 0.25) is 5.78 Å². The highest BCUT2D eigenvalue weighted by atomic mass is 16.3. The zero-order chi connectivity index (χ0) is 26.0. The van der Waals surface area contributed by atoms with E-state index in [2.05, 4.69) is 5.18 Å². The van der Waals surface area contributed by atoms with Crippen LogP contribution in [0.4, 0.5) is 5.69 Å². The molecule has 0 radical (unpaired) electrons. The number of nitrogens with zero attached hydrogens (tertiary/aromatic N) is 3. The highest BCUT2D eigenvalue weighted by Crippen LogP contribution is 2.53. The van der Waals surface area contributed by atoms with Crippen LogP contribution in [0.1, 0.15) is 23.1 Å². The number of rotatable bonds is 5. The van der Waals surface area contributed by atoms with Gasteiger partial charge in [0.05, 0.1) is 6.04 Å². The molecule has 11 heteroatoms. The minimum Gasteiger partial charge on any atom is -0.508 e. The summed E-state index contributed by atoms with van der Waals surface area (Å²) in [6.07, 6.45) is 0.299. The van der Waals surface area contributed by atoms with Gasteiger partial charge in [-0.05, 0) is 69.3 Å². The number of hydrogen-bond acceptors (Lipinski definition) is 10. The van der Waals surface area contributed by atoms with Gasteiger partial charge in [0.25, 0.3) is 5.91 Å². The molecule has 11 nitrogen and oxygen atoms in total. The van der Waals surface area contributed by atoms with Crippen LogP contribution >= 0.6 is 0 Å². The second kappa shape index (κ2) is 8.36. The number of aliphatic hydroxyl groups is 3. The standard InChI is InChI=1S/C24H28N4O7/c1-27(2)9-10-5-6-14(26-35)16-12(10)7-11-8-13-18(28(3)4)20(30)17(23(25)33)22(32)24(13,34)21(31)15(11)19(16)29/h5-6,11,13,18,29,32,34H,7-9H2,1-4H3,(H2,25,33)/t11-,13-,18+,24-/m0/s1. The Balaban J connectivity index is 1.98. The number of benzene rings is 1. The van der Waals surface area contributed by atoms with E-state index in [-0.39, 0.29) is 29.7 Å². The van der Waals surface area contributed by atoms with Crippen molar-refractivity contribution in [3.63, 3.8) is 0 Å². The minimum atomic E-state index is -2.65. The van der Waals surface area contributed by atoms with Crippen LogP contribution < -0.4 is 5.73 Å². The van der Waals surface area contributed by atoms with Gasteiger partial charge in [-0.25, -0.2) is 0 Å². The lowest BCUT2D eigenvalue weighted by atomic mass is 9.57. The molecule has 1 saturated carbocycles. The third-order valence-electron chi connectivity index (χ3n) is 7.29. The molecule has 3 aliphatic carbocycles. The molecule has 0 bridgehead atoms. The van der Waals surface area contributed by atoms with Crippen LogP contribution in [0.2, 0.25) is 0 Å². The summed E-state index contributed by atoms with van der Waals surface area (Å²) >= 11 is 0. The van der Waals surface area contributed by atoms with Gasteiger partial charge in [-0.3, -0.25) is 19.3 Å². The van der Waals surface area contributed by atoms with Crippen LogP contribution in [0.15, 0.2) is 34.2 Å². The van der Waals surface area contributed by atoms with Crippen LogP contribution in [-0.4, -0.2) is 82.4 Å². The average molecular weight is 485 g/mol. The van der Waals surface area contributed by atoms with Crippen molar-refractivity contribution in [3.8, 4) is 0 Å². The van der Waals surface area contributed by atoms with E-state index >= 15 is 0 Å². The molecule has 0 heterocycles. The lowest BCUT2D eigenvalue weighted by molar-refractivity contribution is -0.153. The lowest BCUT2D eigenvalue weighted by Gasteiger charge is -2.50. The first-order valence-electron chi connectivity index (χ1n) is 11.1. The SMILES string of the molecule is CN(C)Cc1ccc(N=O)c2c1C[C@H]1C[C@H]3[C@@H](N(C)C)C(=O)C(C(N)=O)=C(O)[C@@]3(O)C(=O)C1=C2O. The third-order valence-corrected chi connectivity index (χ3v) is 7.29. The minimum absolute atomic E-state index is 0.0475. The first-order chi connectivity index (χ1) is 16.4. The molecule has 1 fully saturated rings. The Kier molecular flexibility index (Phi) is 5.90. The van der Waals surface area contributed by atoms with Crippen molar-refractivity contribution in [3.05, 3.63) is 50.6 Å². The van der Waals surface area contributed by atoms with Crippen LogP contribution in [0.25, 0.3) is 5.76 Å². The molecule has 1 aromatic carbocycles. The zero-order valence-corrected chi connectivity index (χ0v) is 19.9. The summed E-state index contributed by atoms with van der Waals surface area (Å²) in [5, 5.41) is 36.7. The van der Waals surface area contributed by atoms with Crippen molar-refractivity contribution in [1.82, 2.24) is 9.80 Å². The number of nitroso groups, excluding NO2 is 1. The van der Waals surface area contributed by atoms with Crippen LogP contribution in [0.5, 0.6) is 0 Å². The number of Topliss-reactive ketones (excluding diaryl/α,β-unsaturated/α-hetero) is 2. The van der Waals surface area contributed by atoms with Crippen molar-refractivity contribution in [1.29, 1.82) is 0 Å². The summed E-state index contributed by atoms with van der Waals surface area (Å²) in [7, 11) is 6.86. The maximum atomic E-state index is 13.8. The summed E-state index contributed by atoms with van der Waals surface area (Å²) < 4.78 is 0. The highest BCUT2D eigenvalue weighted by Gasteiger charge is 2.64. The van der Waals surface area contributed by atoms with Gasteiger partial charge in [-0.15, -0.1) is 4.91 Å². The van der Waals surface area contributed by atoms with E-state index in [1.54, 1.807) is 20.2 Å². The Morgan fingerprint density at radius 1 is 1.20 bits per heavy atom. The van der Waals surface area contributed by atoms with E-state index in [9.17, 15) is 34.6 Å². The Morgan fingerprint density at radius 2 is 1.86 bits per heavy atom. The maximum absolute atomic E-state index is 13.8. The molecular formula is C24H28N4O7. The van der Waals surface area contributed by atoms with Crippen molar-refractivity contribution in [2.75, 3.05) is 28.2 Å². The van der Waals surface area contributed by atoms with Crippen LogP contribution in [0.3, 0.4) is 0 Å². The summed E-state index contributed by atoms with van der Waals surface area (Å²) in [4.78, 5) is 53.8. The number of fused-ring (bicyclic) bond motifs is 3. The highest BCUT2D eigenvalue weighted by molar-refractivity contribution is 6.24. The first kappa shape index (κ1) is 24.7. The van der Waals surface area contributed by atoms with E-state index < -0.39 is 58.0 Å². The number of ketones is 2. The molecule has 4 atom stereocenters. The molecule has 1 aromatic rings. The van der Waals surface area contributed by atoms with Crippen molar-refractivity contribution < 1.29 is 29.7 Å². The summed E-state index contributed by atoms with van der Waals surface area (Å²) in [5.74, 6) is -6.41. The number of aliphatic hydroxyl groups excluding tert-OH is 2. The molecule has 186 valence electrons.